The summed E-state index contributed by atoms with van der Waals surface area (Å²) in [5.74, 6) is -0.250. The Morgan fingerprint density at radius 1 is 1.16 bits per heavy atom. The van der Waals surface area contributed by atoms with Gasteiger partial charge in [0.2, 0.25) is 5.78 Å². The van der Waals surface area contributed by atoms with Crippen LogP contribution < -0.4 is 0 Å². The van der Waals surface area contributed by atoms with Crippen LogP contribution in [-0.2, 0) is 32.2 Å². The lowest BCUT2D eigenvalue weighted by atomic mass is 10.1. The topological polar surface area (TPSA) is 82.4 Å². The van der Waals surface area contributed by atoms with Crippen molar-refractivity contribution in [1.82, 2.24) is 4.57 Å². The largest absolute Gasteiger partial charge is 0.457 e. The fourth-order valence-electron chi connectivity index (χ4n) is 4.65. The molecule has 0 saturated carbocycles. The zero-order valence-corrected chi connectivity index (χ0v) is 19.5. The van der Waals surface area contributed by atoms with Gasteiger partial charge in [0.15, 0.2) is 16.4 Å². The molecule has 2 aromatic rings. The minimum absolute atomic E-state index is 0.103. The lowest BCUT2D eigenvalue weighted by Gasteiger charge is -2.16. The second-order valence-corrected chi connectivity index (χ2v) is 11.6. The van der Waals surface area contributed by atoms with Crippen LogP contribution in [0.15, 0.2) is 29.2 Å². The molecule has 1 fully saturated rings. The minimum Gasteiger partial charge on any atom is -0.457 e. The second-order valence-electron chi connectivity index (χ2n) is 8.37. The average molecular weight is 462 g/mol. The number of benzene rings is 1. The van der Waals surface area contributed by atoms with E-state index in [1.807, 2.05) is 24.5 Å². The Morgan fingerprint density at radius 3 is 2.68 bits per heavy atom. The number of sulfone groups is 1. The standard InChI is InChI=1S/C23H27NO5S2/c1-15-10-21(16(2)24(15)19-8-9-31(27,28)14-19)22(25)12-29-23(26)13-30-20-7-6-17-4-3-5-18(17)11-20/h6-7,10-11,19H,3-5,8-9,12-14H2,1-2H3. The number of nitrogens with zero attached hydrogens (tertiary/aromatic N) is 1. The molecule has 8 heteroatoms. The average Bonchev–Trinajstić information content (AvgIpc) is 3.41. The fourth-order valence-corrected chi connectivity index (χ4v) is 7.10. The third-order valence-electron chi connectivity index (χ3n) is 6.15. The van der Waals surface area contributed by atoms with Crippen molar-refractivity contribution in [2.75, 3.05) is 23.9 Å². The van der Waals surface area contributed by atoms with Crippen LogP contribution in [0, 0.1) is 13.8 Å². The van der Waals surface area contributed by atoms with Crippen LogP contribution in [0.4, 0.5) is 0 Å². The van der Waals surface area contributed by atoms with Crippen molar-refractivity contribution < 1.29 is 22.7 Å². The lowest BCUT2D eigenvalue weighted by Crippen LogP contribution is -2.17. The van der Waals surface area contributed by atoms with Crippen molar-refractivity contribution in [3.05, 3.63) is 52.3 Å². The molecule has 166 valence electrons. The van der Waals surface area contributed by atoms with Gasteiger partial charge in [-0.25, -0.2) is 8.42 Å². The molecule has 0 N–H and O–H groups in total. The maximum absolute atomic E-state index is 12.7. The number of aryl methyl sites for hydroxylation is 3. The molecule has 2 heterocycles. The Morgan fingerprint density at radius 2 is 1.94 bits per heavy atom. The van der Waals surface area contributed by atoms with Crippen molar-refractivity contribution >= 4 is 33.4 Å². The van der Waals surface area contributed by atoms with Crippen LogP contribution in [0.25, 0.3) is 0 Å². The first-order valence-corrected chi connectivity index (χ1v) is 13.4. The zero-order chi connectivity index (χ0) is 22.2. The highest BCUT2D eigenvalue weighted by Crippen LogP contribution is 2.30. The Bertz CT molecular complexity index is 1130. The Kier molecular flexibility index (Phi) is 6.30. The molecule has 6 nitrogen and oxygen atoms in total. The molecule has 4 rings (SSSR count). The molecule has 0 radical (unpaired) electrons. The number of ether oxygens (including phenoxy) is 1. The number of rotatable bonds is 7. The van der Waals surface area contributed by atoms with Gasteiger partial charge >= 0.3 is 5.97 Å². The van der Waals surface area contributed by atoms with Gasteiger partial charge in [-0.3, -0.25) is 9.59 Å². The van der Waals surface area contributed by atoms with Gasteiger partial charge in [0.25, 0.3) is 0 Å². The molecule has 1 aliphatic carbocycles. The highest BCUT2D eigenvalue weighted by molar-refractivity contribution is 8.00. The van der Waals surface area contributed by atoms with E-state index in [1.54, 1.807) is 6.07 Å². The Labute approximate surface area is 187 Å². The van der Waals surface area contributed by atoms with E-state index in [9.17, 15) is 18.0 Å². The van der Waals surface area contributed by atoms with Crippen LogP contribution in [0.5, 0.6) is 0 Å². The van der Waals surface area contributed by atoms with Gasteiger partial charge < -0.3 is 9.30 Å². The number of thioether (sulfide) groups is 1. The number of fused-ring (bicyclic) bond motifs is 1. The van der Waals surface area contributed by atoms with Gasteiger partial charge in [0.05, 0.1) is 17.3 Å². The predicted molar refractivity (Wildman–Crippen MR) is 121 cm³/mol. The van der Waals surface area contributed by atoms with E-state index in [-0.39, 0.29) is 35.7 Å². The number of hydrogen-bond acceptors (Lipinski definition) is 6. The molecule has 1 unspecified atom stereocenters. The highest BCUT2D eigenvalue weighted by Gasteiger charge is 2.31. The van der Waals surface area contributed by atoms with Gasteiger partial charge in [-0.1, -0.05) is 6.07 Å². The molecule has 2 aliphatic rings. The van der Waals surface area contributed by atoms with Crippen LogP contribution in [-0.4, -0.2) is 48.6 Å². The normalized spacial score (nSPS) is 19.4. The van der Waals surface area contributed by atoms with E-state index >= 15 is 0 Å². The lowest BCUT2D eigenvalue weighted by molar-refractivity contribution is -0.139. The van der Waals surface area contributed by atoms with Crippen LogP contribution in [0.2, 0.25) is 0 Å². The minimum atomic E-state index is -3.02. The molecular weight excluding hydrogens is 434 g/mol. The van der Waals surface area contributed by atoms with Gasteiger partial charge in [-0.2, -0.15) is 0 Å². The summed E-state index contributed by atoms with van der Waals surface area (Å²) < 4.78 is 30.8. The molecule has 1 saturated heterocycles. The zero-order valence-electron chi connectivity index (χ0n) is 17.8. The molecule has 1 aliphatic heterocycles. The first kappa shape index (κ1) is 22.1. The molecule has 1 aromatic heterocycles. The summed E-state index contributed by atoms with van der Waals surface area (Å²) in [6.45, 7) is 3.38. The fraction of sp³-hybridized carbons (Fsp3) is 0.478. The molecule has 1 atom stereocenters. The molecule has 31 heavy (non-hydrogen) atoms. The molecule has 0 spiro atoms. The number of esters is 1. The van der Waals surface area contributed by atoms with Crippen molar-refractivity contribution in [2.45, 2.75) is 50.5 Å². The number of carbonyl (C=O) groups is 2. The second kappa shape index (κ2) is 8.82. The van der Waals surface area contributed by atoms with Crippen LogP contribution in [0.3, 0.4) is 0 Å². The number of carbonyl (C=O) groups excluding carboxylic acids is 2. The summed E-state index contributed by atoms with van der Waals surface area (Å²) >= 11 is 1.42. The number of Topliss-reactive ketones (excluding diaryl/α,β-unsaturated/α-hetero) is 1. The Hall–Kier alpha value is -2.06. The quantitative estimate of drug-likeness (QED) is 0.357. The summed E-state index contributed by atoms with van der Waals surface area (Å²) in [5, 5.41) is 0. The predicted octanol–water partition coefficient (Wildman–Crippen LogP) is 3.47. The number of ketones is 1. The SMILES string of the molecule is Cc1cc(C(=O)COC(=O)CSc2ccc3c(c2)CCC3)c(C)n1C1CCS(=O)(=O)C1. The van der Waals surface area contributed by atoms with Gasteiger partial charge in [-0.05, 0) is 68.9 Å². The smallest absolute Gasteiger partial charge is 0.316 e. The van der Waals surface area contributed by atoms with Crippen LogP contribution in [0.1, 0.15) is 51.8 Å². The molecule has 0 amide bonds. The summed E-state index contributed by atoms with van der Waals surface area (Å²) in [4.78, 5) is 25.9. The third kappa shape index (κ3) is 4.90. The maximum atomic E-state index is 12.7. The van der Waals surface area contributed by atoms with Crippen molar-refractivity contribution in [3.8, 4) is 0 Å². The molecule has 1 aromatic carbocycles. The third-order valence-corrected chi connectivity index (χ3v) is 8.87. The maximum Gasteiger partial charge on any atom is 0.316 e. The number of aromatic nitrogens is 1. The van der Waals surface area contributed by atoms with Gasteiger partial charge in [0, 0.05) is 27.9 Å². The van der Waals surface area contributed by atoms with Gasteiger partial charge in [0.1, 0.15) is 0 Å². The van der Waals surface area contributed by atoms with Crippen molar-refractivity contribution in [2.24, 2.45) is 0 Å². The van der Waals surface area contributed by atoms with E-state index in [0.29, 0.717) is 12.0 Å². The van der Waals surface area contributed by atoms with E-state index in [0.717, 1.165) is 29.1 Å². The summed E-state index contributed by atoms with van der Waals surface area (Å²) in [5.41, 5.74) is 4.82. The molecular formula is C23H27NO5S2. The Balaban J connectivity index is 1.32. The summed E-state index contributed by atoms with van der Waals surface area (Å²) in [7, 11) is -3.02. The highest BCUT2D eigenvalue weighted by atomic mass is 32.2. The summed E-state index contributed by atoms with van der Waals surface area (Å²) in [6, 6.07) is 7.92. The van der Waals surface area contributed by atoms with Crippen LogP contribution >= 0.6 is 11.8 Å². The van der Waals surface area contributed by atoms with E-state index in [2.05, 4.69) is 12.1 Å². The molecule has 0 bridgehead atoms. The van der Waals surface area contributed by atoms with Gasteiger partial charge in [-0.15, -0.1) is 11.8 Å². The van der Waals surface area contributed by atoms with Crippen molar-refractivity contribution in [1.29, 1.82) is 0 Å². The van der Waals surface area contributed by atoms with E-state index in [1.165, 1.54) is 29.3 Å². The summed E-state index contributed by atoms with van der Waals surface area (Å²) in [6.07, 6.45) is 3.96. The van der Waals surface area contributed by atoms with E-state index in [4.69, 9.17) is 4.74 Å². The van der Waals surface area contributed by atoms with Crippen molar-refractivity contribution in [3.63, 3.8) is 0 Å². The number of hydrogen-bond donors (Lipinski definition) is 0. The monoisotopic (exact) mass is 461 g/mol. The first-order chi connectivity index (χ1) is 14.7. The van der Waals surface area contributed by atoms with E-state index < -0.39 is 15.8 Å². The first-order valence-electron chi connectivity index (χ1n) is 10.6.